The standard InChI is InChI=1S/C16H14B2N6/c1-3-7-19-15(5-1)23-13-11-21(17-23)9-10-22-12-14-24(18-22)16-6-2-4-8-20-16/h1-14H/b10-9-. The van der Waals surface area contributed by atoms with E-state index in [4.69, 9.17) is 0 Å². The summed E-state index contributed by atoms with van der Waals surface area (Å²) in [5, 5.41) is 0. The van der Waals surface area contributed by atoms with Crippen molar-refractivity contribution in [1.82, 2.24) is 19.6 Å². The van der Waals surface area contributed by atoms with E-state index in [2.05, 4.69) is 9.97 Å². The van der Waals surface area contributed by atoms with Gasteiger partial charge in [-0.05, 0) is 24.3 Å². The molecule has 0 saturated heterocycles. The molecule has 0 atom stereocenters. The second-order valence-electron chi connectivity index (χ2n) is 5.21. The molecule has 0 spiro atoms. The lowest BCUT2D eigenvalue weighted by Crippen LogP contribution is -2.29. The van der Waals surface area contributed by atoms with E-state index in [0.29, 0.717) is 0 Å². The van der Waals surface area contributed by atoms with Gasteiger partial charge in [-0.15, -0.1) is 0 Å². The maximum atomic E-state index is 4.33. The molecule has 0 amide bonds. The van der Waals surface area contributed by atoms with Crippen molar-refractivity contribution < 1.29 is 0 Å². The van der Waals surface area contributed by atoms with Gasteiger partial charge in [-0.2, -0.15) is 0 Å². The number of anilines is 2. The van der Waals surface area contributed by atoms with E-state index in [1.54, 1.807) is 12.4 Å². The van der Waals surface area contributed by atoms with E-state index in [1.165, 1.54) is 0 Å². The first-order valence-electron chi connectivity index (χ1n) is 7.57. The monoisotopic (exact) mass is 312 g/mol. The van der Waals surface area contributed by atoms with Crippen LogP contribution in [0.4, 0.5) is 11.6 Å². The molecule has 2 radical (unpaired) electrons. The van der Waals surface area contributed by atoms with Crippen LogP contribution >= 0.6 is 0 Å². The largest absolute Gasteiger partial charge is 0.401 e. The molecule has 0 fully saturated rings. The van der Waals surface area contributed by atoms with Crippen molar-refractivity contribution in [2.24, 2.45) is 0 Å². The molecule has 0 bridgehead atoms. The predicted octanol–water partition coefficient (Wildman–Crippen LogP) is 1.90. The molecule has 0 unspecified atom stereocenters. The summed E-state index contributed by atoms with van der Waals surface area (Å²) in [4.78, 5) is 16.5. The van der Waals surface area contributed by atoms with Crippen LogP contribution in [0.2, 0.25) is 0 Å². The Hall–Kier alpha value is -3.15. The van der Waals surface area contributed by atoms with Crippen molar-refractivity contribution in [2.75, 3.05) is 9.62 Å². The fourth-order valence-corrected chi connectivity index (χ4v) is 2.35. The van der Waals surface area contributed by atoms with Gasteiger partial charge in [0.2, 0.25) is 0 Å². The van der Waals surface area contributed by atoms with Gasteiger partial charge in [0, 0.05) is 49.6 Å². The highest BCUT2D eigenvalue weighted by Crippen LogP contribution is 2.16. The molecule has 0 saturated carbocycles. The van der Waals surface area contributed by atoms with Crippen LogP contribution in [0.3, 0.4) is 0 Å². The fourth-order valence-electron chi connectivity index (χ4n) is 2.35. The Kier molecular flexibility index (Phi) is 3.93. The van der Waals surface area contributed by atoms with Crippen LogP contribution in [0.1, 0.15) is 0 Å². The predicted molar refractivity (Wildman–Crippen MR) is 96.0 cm³/mol. The zero-order valence-electron chi connectivity index (χ0n) is 12.9. The Bertz CT molecular complexity index is 699. The summed E-state index contributed by atoms with van der Waals surface area (Å²) in [6, 6.07) is 11.7. The quantitative estimate of drug-likeness (QED) is 0.803. The minimum Gasteiger partial charge on any atom is -0.378 e. The SMILES string of the molecule is [B]1N(/C=C\N2[B]N(c3ccccn3)C=C2)C=CN1c1ccccn1. The Labute approximate surface area is 142 Å². The minimum absolute atomic E-state index is 0.888. The topological polar surface area (TPSA) is 38.7 Å². The van der Waals surface area contributed by atoms with Crippen molar-refractivity contribution >= 4 is 26.7 Å². The van der Waals surface area contributed by atoms with Gasteiger partial charge >= 0.3 is 15.1 Å². The third-order valence-corrected chi connectivity index (χ3v) is 3.55. The Morgan fingerprint density at radius 3 is 1.58 bits per heavy atom. The summed E-state index contributed by atoms with van der Waals surface area (Å²) in [6.45, 7) is 0. The van der Waals surface area contributed by atoms with E-state index >= 15 is 0 Å². The van der Waals surface area contributed by atoms with E-state index in [9.17, 15) is 0 Å². The maximum absolute atomic E-state index is 4.33. The highest BCUT2D eigenvalue weighted by molar-refractivity contribution is 6.42. The molecule has 0 aromatic carbocycles. The lowest BCUT2D eigenvalue weighted by atomic mass is 10.1. The average Bonchev–Trinajstić information content (AvgIpc) is 3.31. The zero-order valence-corrected chi connectivity index (χ0v) is 12.9. The third-order valence-electron chi connectivity index (χ3n) is 3.55. The van der Waals surface area contributed by atoms with E-state index in [0.717, 1.165) is 11.6 Å². The normalized spacial score (nSPS) is 16.2. The first-order valence-corrected chi connectivity index (χ1v) is 7.57. The lowest BCUT2D eigenvalue weighted by Gasteiger charge is -2.17. The van der Waals surface area contributed by atoms with E-state index in [-0.39, 0.29) is 0 Å². The van der Waals surface area contributed by atoms with Crippen LogP contribution in [0.15, 0.2) is 86.0 Å². The third kappa shape index (κ3) is 3.12. The van der Waals surface area contributed by atoms with Gasteiger partial charge in [0.15, 0.2) is 0 Å². The van der Waals surface area contributed by atoms with Crippen LogP contribution < -0.4 is 9.62 Å². The fraction of sp³-hybridized carbons (Fsp3) is 0. The Balaban J connectivity index is 1.33. The van der Waals surface area contributed by atoms with Crippen LogP contribution in [0.25, 0.3) is 0 Å². The molecule has 24 heavy (non-hydrogen) atoms. The molecule has 4 rings (SSSR count). The van der Waals surface area contributed by atoms with Crippen molar-refractivity contribution in [1.29, 1.82) is 0 Å². The molecule has 2 aromatic rings. The van der Waals surface area contributed by atoms with Crippen LogP contribution in [0, 0.1) is 0 Å². The van der Waals surface area contributed by atoms with Gasteiger partial charge in [-0.3, -0.25) is 0 Å². The summed E-state index contributed by atoms with van der Waals surface area (Å²) in [5.74, 6) is 1.78. The number of nitrogens with zero attached hydrogens (tertiary/aromatic N) is 6. The molecular formula is C16H14B2N6. The first kappa shape index (κ1) is 14.4. The van der Waals surface area contributed by atoms with Gasteiger partial charge < -0.3 is 19.2 Å². The van der Waals surface area contributed by atoms with E-state index < -0.39 is 0 Å². The highest BCUT2D eigenvalue weighted by atomic mass is 15.3. The van der Waals surface area contributed by atoms with Gasteiger partial charge in [-0.25, -0.2) is 9.97 Å². The molecule has 114 valence electrons. The molecule has 6 nitrogen and oxygen atoms in total. The van der Waals surface area contributed by atoms with Crippen LogP contribution in [-0.4, -0.2) is 34.7 Å². The van der Waals surface area contributed by atoms with Gasteiger partial charge in [0.05, 0.1) is 0 Å². The average molecular weight is 312 g/mol. The molecule has 4 heterocycles. The number of aromatic nitrogens is 2. The zero-order chi connectivity index (χ0) is 16.2. The van der Waals surface area contributed by atoms with Crippen molar-refractivity contribution in [3.05, 3.63) is 86.0 Å². The molecule has 0 N–H and O–H groups in total. The molecular weight excluding hydrogens is 298 g/mol. The molecule has 2 aliphatic rings. The Morgan fingerprint density at radius 1 is 0.667 bits per heavy atom. The minimum atomic E-state index is 0.888. The summed E-state index contributed by atoms with van der Waals surface area (Å²) in [7, 11) is 3.93. The summed E-state index contributed by atoms with van der Waals surface area (Å²) in [5.41, 5.74) is 0. The number of hydrogen-bond acceptors (Lipinski definition) is 6. The second-order valence-corrected chi connectivity index (χ2v) is 5.21. The van der Waals surface area contributed by atoms with Crippen LogP contribution in [0.5, 0.6) is 0 Å². The smallest absolute Gasteiger partial charge is 0.378 e. The highest BCUT2D eigenvalue weighted by Gasteiger charge is 2.18. The van der Waals surface area contributed by atoms with Gasteiger partial charge in [0.25, 0.3) is 0 Å². The molecule has 2 aliphatic heterocycles. The second kappa shape index (κ2) is 6.54. The number of hydrogen-bond donors (Lipinski definition) is 0. The van der Waals surface area contributed by atoms with Gasteiger partial charge in [0.1, 0.15) is 11.6 Å². The number of pyridine rings is 2. The van der Waals surface area contributed by atoms with Crippen LogP contribution in [-0.2, 0) is 0 Å². The van der Waals surface area contributed by atoms with Crippen molar-refractivity contribution in [3.8, 4) is 0 Å². The molecule has 2 aromatic heterocycles. The van der Waals surface area contributed by atoms with E-state index in [1.807, 2.05) is 108 Å². The van der Waals surface area contributed by atoms with Crippen molar-refractivity contribution in [3.63, 3.8) is 0 Å². The molecule has 8 heteroatoms. The van der Waals surface area contributed by atoms with Crippen molar-refractivity contribution in [2.45, 2.75) is 0 Å². The summed E-state index contributed by atoms with van der Waals surface area (Å²) < 4.78 is 0. The Morgan fingerprint density at radius 2 is 1.17 bits per heavy atom. The summed E-state index contributed by atoms with van der Waals surface area (Å²) >= 11 is 0. The molecule has 0 aliphatic carbocycles. The lowest BCUT2D eigenvalue weighted by molar-refractivity contribution is 0.755. The number of rotatable bonds is 4. The first-order chi connectivity index (χ1) is 11.9. The van der Waals surface area contributed by atoms with Gasteiger partial charge in [-0.1, -0.05) is 12.1 Å². The summed E-state index contributed by atoms with van der Waals surface area (Å²) in [6.07, 6.45) is 15.4. The maximum Gasteiger partial charge on any atom is 0.401 e.